The van der Waals surface area contributed by atoms with Crippen LogP contribution in [0.5, 0.6) is 0 Å². The second-order valence-electron chi connectivity index (χ2n) is 5.63. The maximum Gasteiger partial charge on any atom is 0.218 e. The molecule has 3 saturated heterocycles. The molecule has 3 aliphatic heterocycles. The molecule has 1 aromatic rings. The van der Waals surface area contributed by atoms with E-state index in [1.807, 2.05) is 24.3 Å². The molecule has 22 heavy (non-hydrogen) atoms. The van der Waals surface area contributed by atoms with Gasteiger partial charge in [0.1, 0.15) is 0 Å². The number of nitriles is 3. The van der Waals surface area contributed by atoms with Crippen LogP contribution in [-0.2, 0) is 9.47 Å². The zero-order valence-electron chi connectivity index (χ0n) is 11.8. The lowest BCUT2D eigenvalue weighted by atomic mass is 9.52. The summed E-state index contributed by atoms with van der Waals surface area (Å²) in [4.78, 5) is 0. The van der Waals surface area contributed by atoms with Crippen LogP contribution < -0.4 is 0 Å². The minimum absolute atomic E-state index is 0.205. The Bertz CT molecular complexity index is 756. The van der Waals surface area contributed by atoms with Crippen molar-refractivity contribution in [1.82, 2.24) is 0 Å². The number of hydrogen-bond acceptors (Lipinski definition) is 6. The zero-order chi connectivity index (χ0) is 16.0. The van der Waals surface area contributed by atoms with Gasteiger partial charge in [0.15, 0.2) is 10.8 Å². The molecular formula is C16H12N4O2. The first kappa shape index (κ1) is 14.1. The van der Waals surface area contributed by atoms with Gasteiger partial charge in [-0.3, -0.25) is 5.41 Å². The molecule has 3 fully saturated rings. The van der Waals surface area contributed by atoms with Crippen LogP contribution in [0.25, 0.3) is 0 Å². The van der Waals surface area contributed by atoms with Crippen LogP contribution in [0.3, 0.4) is 0 Å². The summed E-state index contributed by atoms with van der Waals surface area (Å²) < 4.78 is 11.2. The predicted octanol–water partition coefficient (Wildman–Crippen LogP) is 2.07. The standard InChI is InChI=1S/C16H12N4O2/c1-14-12(11-5-3-2-4-6-11)15(7-17,8-18)16(9-19,10-21-14)13(20)22-14/h2-6,12,20H,10H2,1H3/t12-,14-,16-/m0/s1. The van der Waals surface area contributed by atoms with Gasteiger partial charge in [-0.15, -0.1) is 0 Å². The second kappa shape index (κ2) is 4.31. The number of benzene rings is 1. The third kappa shape index (κ3) is 1.36. The molecule has 0 radical (unpaired) electrons. The Balaban J connectivity index is 2.34. The lowest BCUT2D eigenvalue weighted by molar-refractivity contribution is -0.287. The van der Waals surface area contributed by atoms with E-state index in [0.29, 0.717) is 5.56 Å². The largest absolute Gasteiger partial charge is 0.447 e. The fourth-order valence-electron chi connectivity index (χ4n) is 3.43. The summed E-state index contributed by atoms with van der Waals surface area (Å²) >= 11 is 0. The van der Waals surface area contributed by atoms with Crippen molar-refractivity contribution in [2.75, 3.05) is 6.61 Å². The van der Waals surface area contributed by atoms with Crippen LogP contribution in [0.15, 0.2) is 30.3 Å². The topological polar surface area (TPSA) is 114 Å². The molecule has 6 heteroatoms. The van der Waals surface area contributed by atoms with Gasteiger partial charge in [-0.05, 0) is 5.56 Å². The van der Waals surface area contributed by atoms with Crippen molar-refractivity contribution in [3.63, 3.8) is 0 Å². The average Bonchev–Trinajstić information content (AvgIpc) is 2.54. The quantitative estimate of drug-likeness (QED) is 0.851. The zero-order valence-corrected chi connectivity index (χ0v) is 11.8. The van der Waals surface area contributed by atoms with Crippen molar-refractivity contribution in [3.05, 3.63) is 35.9 Å². The van der Waals surface area contributed by atoms with Crippen molar-refractivity contribution in [2.24, 2.45) is 10.8 Å². The molecule has 3 heterocycles. The molecule has 2 bridgehead atoms. The van der Waals surface area contributed by atoms with E-state index >= 15 is 0 Å². The van der Waals surface area contributed by atoms with Gasteiger partial charge in [0.25, 0.3) is 0 Å². The number of rotatable bonds is 1. The van der Waals surface area contributed by atoms with Crippen molar-refractivity contribution < 1.29 is 9.47 Å². The van der Waals surface area contributed by atoms with E-state index in [2.05, 4.69) is 0 Å². The van der Waals surface area contributed by atoms with Gasteiger partial charge in [-0.2, -0.15) is 15.8 Å². The third-order valence-electron chi connectivity index (χ3n) is 4.57. The molecule has 3 aliphatic rings. The average molecular weight is 292 g/mol. The summed E-state index contributed by atoms with van der Waals surface area (Å²) in [6, 6.07) is 14.9. The van der Waals surface area contributed by atoms with E-state index in [-0.39, 0.29) is 12.5 Å². The number of nitrogens with zero attached hydrogens (tertiary/aromatic N) is 3. The molecule has 108 valence electrons. The van der Waals surface area contributed by atoms with Crippen LogP contribution in [0, 0.1) is 50.2 Å². The van der Waals surface area contributed by atoms with Crippen molar-refractivity contribution >= 4 is 5.90 Å². The molecule has 0 amide bonds. The summed E-state index contributed by atoms with van der Waals surface area (Å²) in [5.74, 6) is -2.50. The Morgan fingerprint density at radius 2 is 1.77 bits per heavy atom. The molecular weight excluding hydrogens is 280 g/mol. The first-order valence-corrected chi connectivity index (χ1v) is 6.70. The molecule has 0 saturated carbocycles. The highest BCUT2D eigenvalue weighted by Crippen LogP contribution is 2.62. The smallest absolute Gasteiger partial charge is 0.218 e. The SMILES string of the molecule is C[C@]12OC[C@@](C#N)(C(=N)O1)C(C#N)(C#N)[C@H]2c1ccccc1. The first-order chi connectivity index (χ1) is 10.5. The van der Waals surface area contributed by atoms with E-state index in [1.165, 1.54) is 0 Å². The summed E-state index contributed by atoms with van der Waals surface area (Å²) in [7, 11) is 0. The monoisotopic (exact) mass is 292 g/mol. The Kier molecular flexibility index (Phi) is 2.75. The van der Waals surface area contributed by atoms with Gasteiger partial charge in [0.2, 0.25) is 11.7 Å². The Hall–Kier alpha value is -2.88. The van der Waals surface area contributed by atoms with E-state index in [4.69, 9.17) is 14.9 Å². The van der Waals surface area contributed by atoms with Gasteiger partial charge in [0.05, 0.1) is 30.7 Å². The summed E-state index contributed by atoms with van der Waals surface area (Å²) in [5, 5.41) is 37.3. The van der Waals surface area contributed by atoms with Gasteiger partial charge >= 0.3 is 0 Å². The summed E-state index contributed by atoms with van der Waals surface area (Å²) in [5.41, 5.74) is -2.81. The lowest BCUT2D eigenvalue weighted by Crippen LogP contribution is -2.70. The fourth-order valence-corrected chi connectivity index (χ4v) is 3.43. The van der Waals surface area contributed by atoms with Crippen LogP contribution in [-0.4, -0.2) is 18.3 Å². The van der Waals surface area contributed by atoms with Gasteiger partial charge in [-0.1, -0.05) is 30.3 Å². The van der Waals surface area contributed by atoms with E-state index in [1.54, 1.807) is 31.2 Å². The molecule has 0 aromatic heterocycles. The highest BCUT2D eigenvalue weighted by molar-refractivity contribution is 5.88. The maximum atomic E-state index is 9.79. The second-order valence-corrected chi connectivity index (χ2v) is 5.63. The van der Waals surface area contributed by atoms with E-state index in [0.717, 1.165) is 0 Å². The fraction of sp³-hybridized carbons (Fsp3) is 0.375. The highest BCUT2D eigenvalue weighted by atomic mass is 16.7. The van der Waals surface area contributed by atoms with Crippen LogP contribution in [0.4, 0.5) is 0 Å². The molecule has 0 spiro atoms. The molecule has 3 atom stereocenters. The minimum Gasteiger partial charge on any atom is -0.447 e. The Labute approximate surface area is 127 Å². The van der Waals surface area contributed by atoms with Crippen LogP contribution in [0.2, 0.25) is 0 Å². The number of ether oxygens (including phenoxy) is 2. The predicted molar refractivity (Wildman–Crippen MR) is 74.1 cm³/mol. The van der Waals surface area contributed by atoms with Crippen molar-refractivity contribution in [3.8, 4) is 18.2 Å². The normalized spacial score (nSPS) is 34.8. The Morgan fingerprint density at radius 1 is 1.14 bits per heavy atom. The van der Waals surface area contributed by atoms with E-state index < -0.39 is 22.5 Å². The highest BCUT2D eigenvalue weighted by Gasteiger charge is 2.75. The van der Waals surface area contributed by atoms with Gasteiger partial charge in [0, 0.05) is 6.92 Å². The van der Waals surface area contributed by atoms with Gasteiger partial charge in [-0.25, -0.2) is 0 Å². The number of nitrogens with one attached hydrogen (secondary N) is 1. The van der Waals surface area contributed by atoms with Gasteiger partial charge < -0.3 is 9.47 Å². The molecule has 1 N–H and O–H groups in total. The first-order valence-electron chi connectivity index (χ1n) is 6.70. The van der Waals surface area contributed by atoms with Crippen molar-refractivity contribution in [1.29, 1.82) is 21.2 Å². The Morgan fingerprint density at radius 3 is 2.27 bits per heavy atom. The molecule has 4 rings (SSSR count). The lowest BCUT2D eigenvalue weighted by Gasteiger charge is -2.58. The summed E-state index contributed by atoms with van der Waals surface area (Å²) in [6.07, 6.45) is 0. The number of fused-ring (bicyclic) bond motifs is 3. The maximum absolute atomic E-state index is 9.79. The minimum atomic E-state index is -1.74. The number of hydrogen-bond donors (Lipinski definition) is 1. The molecule has 0 unspecified atom stereocenters. The van der Waals surface area contributed by atoms with Crippen LogP contribution >= 0.6 is 0 Å². The summed E-state index contributed by atoms with van der Waals surface area (Å²) in [6.45, 7) is 1.40. The van der Waals surface area contributed by atoms with Crippen molar-refractivity contribution in [2.45, 2.75) is 18.6 Å². The molecule has 0 aliphatic carbocycles. The third-order valence-corrected chi connectivity index (χ3v) is 4.57. The molecule has 1 aromatic carbocycles. The van der Waals surface area contributed by atoms with E-state index in [9.17, 15) is 15.8 Å². The molecule has 6 nitrogen and oxygen atoms in total. The van der Waals surface area contributed by atoms with Crippen LogP contribution in [0.1, 0.15) is 18.4 Å².